The summed E-state index contributed by atoms with van der Waals surface area (Å²) in [5.74, 6) is -0.429. The molecule has 1 aromatic carbocycles. The molecule has 5 heteroatoms. The van der Waals surface area contributed by atoms with Crippen molar-refractivity contribution >= 4 is 11.8 Å². The van der Waals surface area contributed by atoms with E-state index in [1.807, 2.05) is 18.7 Å². The molecule has 1 aliphatic rings. The van der Waals surface area contributed by atoms with Crippen molar-refractivity contribution in [3.8, 4) is 0 Å². The standard InChI is InChI=1S/C18H25FN2O2/c1-13(2)12-16(18(23)21-10-4-3-5-11-21)20-17(22)14-6-8-15(19)9-7-14/h6-9,13,16H,3-5,10-12H2,1-2H3,(H,20,22)/t16-/m1/s1. The first-order valence-electron chi connectivity index (χ1n) is 8.32. The number of amides is 2. The van der Waals surface area contributed by atoms with Crippen molar-refractivity contribution in [3.05, 3.63) is 35.6 Å². The Kier molecular flexibility index (Phi) is 6.13. The van der Waals surface area contributed by atoms with Crippen molar-refractivity contribution in [3.63, 3.8) is 0 Å². The number of hydrogen-bond donors (Lipinski definition) is 1. The van der Waals surface area contributed by atoms with Crippen LogP contribution in [0.2, 0.25) is 0 Å². The van der Waals surface area contributed by atoms with Crippen molar-refractivity contribution in [2.24, 2.45) is 5.92 Å². The molecular weight excluding hydrogens is 295 g/mol. The molecule has 2 rings (SSSR count). The normalized spacial score (nSPS) is 16.3. The highest BCUT2D eigenvalue weighted by atomic mass is 19.1. The van der Waals surface area contributed by atoms with Gasteiger partial charge < -0.3 is 10.2 Å². The van der Waals surface area contributed by atoms with Crippen LogP contribution < -0.4 is 5.32 Å². The van der Waals surface area contributed by atoms with Crippen LogP contribution in [0.3, 0.4) is 0 Å². The van der Waals surface area contributed by atoms with Crippen LogP contribution in [-0.2, 0) is 4.79 Å². The third kappa shape index (κ3) is 5.05. The van der Waals surface area contributed by atoms with E-state index >= 15 is 0 Å². The van der Waals surface area contributed by atoms with E-state index in [4.69, 9.17) is 0 Å². The van der Waals surface area contributed by atoms with Crippen LogP contribution in [0.25, 0.3) is 0 Å². The van der Waals surface area contributed by atoms with Crippen LogP contribution in [0.4, 0.5) is 4.39 Å². The first kappa shape index (κ1) is 17.4. The Morgan fingerprint density at radius 2 is 1.74 bits per heavy atom. The van der Waals surface area contributed by atoms with Gasteiger partial charge in [-0.3, -0.25) is 9.59 Å². The number of likely N-dealkylation sites (tertiary alicyclic amines) is 1. The van der Waals surface area contributed by atoms with E-state index in [-0.39, 0.29) is 17.6 Å². The maximum atomic E-state index is 13.0. The number of benzene rings is 1. The smallest absolute Gasteiger partial charge is 0.251 e. The summed E-state index contributed by atoms with van der Waals surface area (Å²) >= 11 is 0. The van der Waals surface area contributed by atoms with Crippen molar-refractivity contribution < 1.29 is 14.0 Å². The minimum Gasteiger partial charge on any atom is -0.341 e. The summed E-state index contributed by atoms with van der Waals surface area (Å²) in [4.78, 5) is 26.9. The van der Waals surface area contributed by atoms with Crippen LogP contribution in [0.5, 0.6) is 0 Å². The first-order valence-corrected chi connectivity index (χ1v) is 8.32. The molecule has 0 spiro atoms. The number of piperidine rings is 1. The molecule has 1 atom stereocenters. The lowest BCUT2D eigenvalue weighted by molar-refractivity contribution is -0.134. The van der Waals surface area contributed by atoms with Crippen molar-refractivity contribution in [1.82, 2.24) is 10.2 Å². The molecule has 0 bridgehead atoms. The van der Waals surface area contributed by atoms with Gasteiger partial charge in [0.25, 0.3) is 5.91 Å². The quantitative estimate of drug-likeness (QED) is 0.907. The van der Waals surface area contributed by atoms with Gasteiger partial charge in [-0.25, -0.2) is 4.39 Å². The Morgan fingerprint density at radius 1 is 1.13 bits per heavy atom. The molecule has 2 amide bonds. The number of carbonyl (C=O) groups is 2. The molecule has 1 fully saturated rings. The average Bonchev–Trinajstić information content (AvgIpc) is 2.54. The van der Waals surface area contributed by atoms with Crippen molar-refractivity contribution in [1.29, 1.82) is 0 Å². The highest BCUT2D eigenvalue weighted by molar-refractivity contribution is 5.97. The average molecular weight is 320 g/mol. The summed E-state index contributed by atoms with van der Waals surface area (Å²) in [5, 5.41) is 2.83. The maximum Gasteiger partial charge on any atom is 0.251 e. The third-order valence-electron chi connectivity index (χ3n) is 4.08. The fourth-order valence-corrected chi connectivity index (χ4v) is 2.87. The monoisotopic (exact) mass is 320 g/mol. The fourth-order valence-electron chi connectivity index (χ4n) is 2.87. The molecule has 126 valence electrons. The minimum atomic E-state index is -0.523. The lowest BCUT2D eigenvalue weighted by atomic mass is 10.0. The molecule has 23 heavy (non-hydrogen) atoms. The van der Waals surface area contributed by atoms with E-state index < -0.39 is 6.04 Å². The summed E-state index contributed by atoms with van der Waals surface area (Å²) in [6.45, 7) is 5.58. The predicted octanol–water partition coefficient (Wildman–Crippen LogP) is 2.98. The summed E-state index contributed by atoms with van der Waals surface area (Å²) in [7, 11) is 0. The Morgan fingerprint density at radius 3 is 2.30 bits per heavy atom. The van der Waals surface area contributed by atoms with Gasteiger partial charge in [0.05, 0.1) is 0 Å². The Hall–Kier alpha value is -1.91. The number of rotatable bonds is 5. The number of nitrogens with zero attached hydrogens (tertiary/aromatic N) is 1. The Bertz CT molecular complexity index is 536. The number of halogens is 1. The summed E-state index contributed by atoms with van der Waals surface area (Å²) in [6, 6.07) is 4.84. The molecule has 1 aromatic rings. The second-order valence-corrected chi connectivity index (χ2v) is 6.55. The van der Waals surface area contributed by atoms with E-state index in [2.05, 4.69) is 5.32 Å². The first-order chi connectivity index (χ1) is 11.0. The van der Waals surface area contributed by atoms with E-state index in [9.17, 15) is 14.0 Å². The van der Waals surface area contributed by atoms with Crippen LogP contribution in [0.1, 0.15) is 49.9 Å². The van der Waals surface area contributed by atoms with Crippen LogP contribution in [-0.4, -0.2) is 35.8 Å². The van der Waals surface area contributed by atoms with Gasteiger partial charge in [0.2, 0.25) is 5.91 Å². The molecule has 0 radical (unpaired) electrons. The largest absolute Gasteiger partial charge is 0.341 e. The zero-order valence-corrected chi connectivity index (χ0v) is 13.8. The maximum absolute atomic E-state index is 13.0. The van der Waals surface area contributed by atoms with Gasteiger partial charge in [-0.2, -0.15) is 0 Å². The molecule has 0 aromatic heterocycles. The molecule has 1 heterocycles. The van der Waals surface area contributed by atoms with Crippen molar-refractivity contribution in [2.75, 3.05) is 13.1 Å². The highest BCUT2D eigenvalue weighted by Crippen LogP contribution is 2.14. The van der Waals surface area contributed by atoms with Gasteiger partial charge in [-0.15, -0.1) is 0 Å². The Balaban J connectivity index is 2.06. The number of hydrogen-bond acceptors (Lipinski definition) is 2. The second kappa shape index (κ2) is 8.09. The van der Waals surface area contributed by atoms with Gasteiger partial charge in [-0.05, 0) is 55.9 Å². The lowest BCUT2D eigenvalue weighted by Gasteiger charge is -2.31. The molecule has 1 aliphatic heterocycles. The van der Waals surface area contributed by atoms with E-state index in [1.165, 1.54) is 24.3 Å². The van der Waals surface area contributed by atoms with Crippen LogP contribution in [0, 0.1) is 11.7 Å². The van der Waals surface area contributed by atoms with Gasteiger partial charge in [0.15, 0.2) is 0 Å². The molecule has 1 N–H and O–H groups in total. The van der Waals surface area contributed by atoms with Crippen LogP contribution in [0.15, 0.2) is 24.3 Å². The predicted molar refractivity (Wildman–Crippen MR) is 87.5 cm³/mol. The van der Waals surface area contributed by atoms with Gasteiger partial charge >= 0.3 is 0 Å². The van der Waals surface area contributed by atoms with E-state index in [1.54, 1.807) is 0 Å². The SMILES string of the molecule is CC(C)C[C@@H](NC(=O)c1ccc(F)cc1)C(=O)N1CCCCC1. The lowest BCUT2D eigenvalue weighted by Crippen LogP contribution is -2.50. The summed E-state index contributed by atoms with van der Waals surface area (Å²) in [6.07, 6.45) is 3.79. The topological polar surface area (TPSA) is 49.4 Å². The van der Waals surface area contributed by atoms with E-state index in [0.29, 0.717) is 17.9 Å². The van der Waals surface area contributed by atoms with Gasteiger partial charge in [0, 0.05) is 18.7 Å². The number of nitrogens with one attached hydrogen (secondary N) is 1. The van der Waals surface area contributed by atoms with E-state index in [0.717, 1.165) is 32.4 Å². The molecule has 0 aliphatic carbocycles. The third-order valence-corrected chi connectivity index (χ3v) is 4.08. The molecule has 0 unspecified atom stereocenters. The zero-order valence-electron chi connectivity index (χ0n) is 13.8. The molecule has 4 nitrogen and oxygen atoms in total. The molecular formula is C18H25FN2O2. The number of carbonyl (C=O) groups excluding carboxylic acids is 2. The van der Waals surface area contributed by atoms with Crippen molar-refractivity contribution in [2.45, 2.75) is 45.6 Å². The second-order valence-electron chi connectivity index (χ2n) is 6.55. The summed E-state index contributed by atoms with van der Waals surface area (Å²) < 4.78 is 13.0. The van der Waals surface area contributed by atoms with Crippen LogP contribution >= 0.6 is 0 Å². The summed E-state index contributed by atoms with van der Waals surface area (Å²) in [5.41, 5.74) is 0.367. The molecule has 0 saturated carbocycles. The molecule has 1 saturated heterocycles. The zero-order chi connectivity index (χ0) is 16.8. The fraction of sp³-hybridized carbons (Fsp3) is 0.556. The highest BCUT2D eigenvalue weighted by Gasteiger charge is 2.27. The minimum absolute atomic E-state index is 0.00568. The van der Waals surface area contributed by atoms with Gasteiger partial charge in [-0.1, -0.05) is 13.8 Å². The van der Waals surface area contributed by atoms with Gasteiger partial charge in [0.1, 0.15) is 11.9 Å². The Labute approximate surface area is 137 Å².